The molecule has 3 heterocycles. The summed E-state index contributed by atoms with van der Waals surface area (Å²) in [6.07, 6.45) is 5.06. The third kappa shape index (κ3) is 4.47. The van der Waals surface area contributed by atoms with E-state index in [0.717, 1.165) is 11.1 Å². The number of aliphatic hydroxyl groups excluding tert-OH is 1. The van der Waals surface area contributed by atoms with Gasteiger partial charge in [-0.2, -0.15) is 0 Å². The molecule has 1 aromatic carbocycles. The molecule has 0 aliphatic carbocycles. The van der Waals surface area contributed by atoms with Gasteiger partial charge in [-0.15, -0.1) is 0 Å². The molecule has 30 heavy (non-hydrogen) atoms. The van der Waals surface area contributed by atoms with Crippen molar-refractivity contribution < 1.29 is 18.7 Å². The molecule has 0 radical (unpaired) electrons. The SMILES string of the molecule is O=C(Nc1nc2ccc(F)cc2s1)N1CC=C(c2ncc(CCCO)cc2F)CC1. The van der Waals surface area contributed by atoms with Gasteiger partial charge in [-0.3, -0.25) is 10.3 Å². The molecule has 0 fully saturated rings. The van der Waals surface area contributed by atoms with Crippen molar-refractivity contribution in [3.63, 3.8) is 0 Å². The largest absolute Gasteiger partial charge is 0.396 e. The average molecular weight is 430 g/mol. The standard InChI is InChI=1S/C21H20F2N4O2S/c22-15-3-4-17-18(11-15)30-20(25-17)26-21(29)27-7-5-14(6-8-27)19-16(23)10-13(12-24-19)2-1-9-28/h3-5,10-12,28H,1-2,6-9H2,(H,25,26,29). The molecule has 9 heteroatoms. The van der Waals surface area contributed by atoms with Crippen molar-refractivity contribution in [3.05, 3.63) is 59.4 Å². The number of nitrogens with one attached hydrogen (secondary N) is 1. The van der Waals surface area contributed by atoms with Gasteiger partial charge in [0, 0.05) is 25.9 Å². The number of aromatic nitrogens is 2. The summed E-state index contributed by atoms with van der Waals surface area (Å²) in [5.74, 6) is -0.740. The minimum atomic E-state index is -0.392. The number of amides is 2. The molecule has 3 aromatic rings. The molecule has 2 aromatic heterocycles. The van der Waals surface area contributed by atoms with Gasteiger partial charge in [-0.05, 0) is 54.7 Å². The Hall–Kier alpha value is -2.91. The number of fused-ring (bicyclic) bond motifs is 1. The third-order valence-corrected chi connectivity index (χ3v) is 5.82. The molecule has 0 atom stereocenters. The van der Waals surface area contributed by atoms with Crippen LogP contribution in [0.15, 0.2) is 36.5 Å². The number of rotatable bonds is 5. The molecule has 0 saturated carbocycles. The van der Waals surface area contributed by atoms with Gasteiger partial charge in [-0.1, -0.05) is 17.4 Å². The predicted octanol–water partition coefficient (Wildman–Crippen LogP) is 4.22. The fourth-order valence-corrected chi connectivity index (χ4v) is 4.21. The lowest BCUT2D eigenvalue weighted by atomic mass is 10.0. The Balaban J connectivity index is 1.40. The molecule has 0 saturated heterocycles. The van der Waals surface area contributed by atoms with E-state index in [0.29, 0.717) is 53.4 Å². The first-order valence-corrected chi connectivity index (χ1v) is 10.4. The van der Waals surface area contributed by atoms with Crippen molar-refractivity contribution in [1.82, 2.24) is 14.9 Å². The number of halogens is 2. The van der Waals surface area contributed by atoms with Crippen LogP contribution in [0.5, 0.6) is 0 Å². The van der Waals surface area contributed by atoms with E-state index in [-0.39, 0.29) is 18.5 Å². The van der Waals surface area contributed by atoms with E-state index in [1.807, 2.05) is 0 Å². The lowest BCUT2D eigenvalue weighted by molar-refractivity contribution is 0.217. The van der Waals surface area contributed by atoms with E-state index < -0.39 is 5.82 Å². The molecule has 1 aliphatic heterocycles. The number of pyridine rings is 1. The maximum Gasteiger partial charge on any atom is 0.323 e. The lowest BCUT2D eigenvalue weighted by Gasteiger charge is -2.26. The maximum atomic E-state index is 14.4. The van der Waals surface area contributed by atoms with Crippen LogP contribution in [0.4, 0.5) is 18.7 Å². The fourth-order valence-electron chi connectivity index (χ4n) is 3.32. The van der Waals surface area contributed by atoms with Gasteiger partial charge in [0.05, 0.1) is 10.2 Å². The Morgan fingerprint density at radius 2 is 2.17 bits per heavy atom. The van der Waals surface area contributed by atoms with Gasteiger partial charge in [0.15, 0.2) is 5.13 Å². The van der Waals surface area contributed by atoms with Crippen LogP contribution >= 0.6 is 11.3 Å². The van der Waals surface area contributed by atoms with E-state index in [1.54, 1.807) is 23.2 Å². The minimum Gasteiger partial charge on any atom is -0.396 e. The number of urea groups is 1. The number of aliphatic hydroxyl groups is 1. The van der Waals surface area contributed by atoms with E-state index in [4.69, 9.17) is 5.11 Å². The molecule has 0 unspecified atom stereocenters. The Bertz CT molecular complexity index is 1120. The van der Waals surface area contributed by atoms with Crippen molar-refractivity contribution in [2.24, 2.45) is 0 Å². The van der Waals surface area contributed by atoms with Crippen LogP contribution in [0.25, 0.3) is 15.8 Å². The van der Waals surface area contributed by atoms with Crippen molar-refractivity contribution in [3.8, 4) is 0 Å². The van der Waals surface area contributed by atoms with Crippen LogP contribution in [-0.2, 0) is 6.42 Å². The van der Waals surface area contributed by atoms with Gasteiger partial charge in [0.2, 0.25) is 0 Å². The highest BCUT2D eigenvalue weighted by Gasteiger charge is 2.21. The smallest absolute Gasteiger partial charge is 0.323 e. The van der Waals surface area contributed by atoms with Gasteiger partial charge in [0.25, 0.3) is 0 Å². The monoisotopic (exact) mass is 430 g/mol. The van der Waals surface area contributed by atoms with Gasteiger partial charge < -0.3 is 10.0 Å². The van der Waals surface area contributed by atoms with E-state index in [9.17, 15) is 13.6 Å². The molecule has 0 spiro atoms. The van der Waals surface area contributed by atoms with Crippen molar-refractivity contribution in [2.75, 3.05) is 25.0 Å². The van der Waals surface area contributed by atoms with Gasteiger partial charge in [0.1, 0.15) is 17.3 Å². The number of thiazole rings is 1. The van der Waals surface area contributed by atoms with E-state index >= 15 is 0 Å². The summed E-state index contributed by atoms with van der Waals surface area (Å²) in [5, 5.41) is 12.0. The first-order valence-electron chi connectivity index (χ1n) is 9.60. The summed E-state index contributed by atoms with van der Waals surface area (Å²) in [6, 6.07) is 5.43. The second kappa shape index (κ2) is 8.85. The van der Waals surface area contributed by atoms with E-state index in [1.165, 1.54) is 29.5 Å². The van der Waals surface area contributed by atoms with Gasteiger partial charge >= 0.3 is 6.03 Å². The number of benzene rings is 1. The molecule has 2 amide bonds. The molecule has 4 rings (SSSR count). The van der Waals surface area contributed by atoms with Gasteiger partial charge in [-0.25, -0.2) is 18.6 Å². The van der Waals surface area contributed by atoms with Crippen molar-refractivity contribution >= 4 is 38.3 Å². The van der Waals surface area contributed by atoms with Crippen LogP contribution in [0.2, 0.25) is 0 Å². The number of anilines is 1. The van der Waals surface area contributed by atoms with Crippen LogP contribution < -0.4 is 5.32 Å². The number of carbonyl (C=O) groups is 1. The normalized spacial score (nSPS) is 14.1. The zero-order valence-electron chi connectivity index (χ0n) is 16.1. The summed E-state index contributed by atoms with van der Waals surface area (Å²) in [6.45, 7) is 0.805. The minimum absolute atomic E-state index is 0.0559. The Morgan fingerprint density at radius 1 is 1.30 bits per heavy atom. The predicted molar refractivity (Wildman–Crippen MR) is 112 cm³/mol. The first-order chi connectivity index (χ1) is 14.5. The lowest BCUT2D eigenvalue weighted by Crippen LogP contribution is -2.38. The summed E-state index contributed by atoms with van der Waals surface area (Å²) < 4.78 is 28.4. The number of hydrogen-bond acceptors (Lipinski definition) is 5. The molecule has 0 bridgehead atoms. The summed E-state index contributed by atoms with van der Waals surface area (Å²) in [4.78, 5) is 22.7. The number of hydrogen-bond donors (Lipinski definition) is 2. The second-order valence-corrected chi connectivity index (χ2v) is 8.02. The zero-order chi connectivity index (χ0) is 21.1. The summed E-state index contributed by atoms with van der Waals surface area (Å²) in [7, 11) is 0. The third-order valence-electron chi connectivity index (χ3n) is 4.89. The number of aryl methyl sites for hydroxylation is 1. The number of nitrogens with zero attached hydrogens (tertiary/aromatic N) is 3. The van der Waals surface area contributed by atoms with Crippen LogP contribution in [-0.4, -0.2) is 45.7 Å². The highest BCUT2D eigenvalue weighted by Crippen LogP contribution is 2.28. The quantitative estimate of drug-likeness (QED) is 0.636. The maximum absolute atomic E-state index is 14.4. The Kier molecular flexibility index (Phi) is 6.01. The Morgan fingerprint density at radius 3 is 2.90 bits per heavy atom. The molecular formula is C21H20F2N4O2S. The van der Waals surface area contributed by atoms with Crippen molar-refractivity contribution in [1.29, 1.82) is 0 Å². The Labute approximate surface area is 175 Å². The highest BCUT2D eigenvalue weighted by atomic mass is 32.1. The molecule has 1 aliphatic rings. The molecule has 6 nitrogen and oxygen atoms in total. The van der Waals surface area contributed by atoms with Crippen LogP contribution in [0.3, 0.4) is 0 Å². The fraction of sp³-hybridized carbons (Fsp3) is 0.286. The van der Waals surface area contributed by atoms with Crippen LogP contribution in [0.1, 0.15) is 24.1 Å². The second-order valence-electron chi connectivity index (χ2n) is 6.99. The average Bonchev–Trinajstić information content (AvgIpc) is 3.13. The summed E-state index contributed by atoms with van der Waals surface area (Å²) in [5.41, 5.74) is 2.44. The molecule has 2 N–H and O–H groups in total. The first kappa shape index (κ1) is 20.4. The highest BCUT2D eigenvalue weighted by molar-refractivity contribution is 7.22. The van der Waals surface area contributed by atoms with Crippen LogP contribution in [0, 0.1) is 11.6 Å². The topological polar surface area (TPSA) is 78.4 Å². The van der Waals surface area contributed by atoms with Crippen molar-refractivity contribution in [2.45, 2.75) is 19.3 Å². The molecule has 156 valence electrons. The van der Waals surface area contributed by atoms with E-state index in [2.05, 4.69) is 15.3 Å². The zero-order valence-corrected chi connectivity index (χ0v) is 16.9. The number of carbonyl (C=O) groups excluding carboxylic acids is 1. The molecular weight excluding hydrogens is 410 g/mol. The summed E-state index contributed by atoms with van der Waals surface area (Å²) >= 11 is 1.21.